The van der Waals surface area contributed by atoms with Gasteiger partial charge in [-0.1, -0.05) is 36.8 Å². The Morgan fingerprint density at radius 1 is 1.05 bits per heavy atom. The van der Waals surface area contributed by atoms with Crippen molar-refractivity contribution in [3.63, 3.8) is 0 Å². The lowest BCUT2D eigenvalue weighted by molar-refractivity contribution is 0.318. The molecule has 0 aliphatic carbocycles. The molecule has 3 aromatic rings. The van der Waals surface area contributed by atoms with E-state index in [0.717, 1.165) is 25.3 Å². The lowest BCUT2D eigenvalue weighted by Gasteiger charge is -2.08. The standard InChI is InChI=1S/C19H21NO/c1-3-11-21-18-7-8-19-17(13-18)9-10-20(19)14-16-6-4-5-15(2)12-16/h4-10,12-13H,3,11,14H2,1-2H3. The Morgan fingerprint density at radius 2 is 1.95 bits per heavy atom. The second-order valence-corrected chi connectivity index (χ2v) is 5.50. The third kappa shape index (κ3) is 3.10. The minimum atomic E-state index is 0.773. The predicted octanol–water partition coefficient (Wildman–Crippen LogP) is 4.79. The molecule has 2 nitrogen and oxygen atoms in total. The van der Waals surface area contributed by atoms with Crippen LogP contribution in [0.3, 0.4) is 0 Å². The van der Waals surface area contributed by atoms with E-state index in [9.17, 15) is 0 Å². The molecule has 0 aliphatic rings. The molecule has 108 valence electrons. The van der Waals surface area contributed by atoms with Crippen LogP contribution in [0.5, 0.6) is 5.75 Å². The van der Waals surface area contributed by atoms with Crippen molar-refractivity contribution in [2.24, 2.45) is 0 Å². The van der Waals surface area contributed by atoms with Crippen molar-refractivity contribution in [2.45, 2.75) is 26.8 Å². The summed E-state index contributed by atoms with van der Waals surface area (Å²) in [6.45, 7) is 5.93. The van der Waals surface area contributed by atoms with Crippen molar-refractivity contribution in [3.05, 3.63) is 65.9 Å². The summed E-state index contributed by atoms with van der Waals surface area (Å²) in [6, 6.07) is 17.2. The van der Waals surface area contributed by atoms with Crippen LogP contribution in [0.2, 0.25) is 0 Å². The largest absolute Gasteiger partial charge is 0.494 e. The first kappa shape index (κ1) is 13.7. The van der Waals surface area contributed by atoms with Gasteiger partial charge < -0.3 is 9.30 Å². The minimum absolute atomic E-state index is 0.773. The van der Waals surface area contributed by atoms with Crippen LogP contribution in [0.1, 0.15) is 24.5 Å². The Labute approximate surface area is 126 Å². The number of fused-ring (bicyclic) bond motifs is 1. The summed E-state index contributed by atoms with van der Waals surface area (Å²) in [5.41, 5.74) is 3.89. The molecule has 2 heteroatoms. The molecule has 0 fully saturated rings. The fourth-order valence-corrected chi connectivity index (χ4v) is 2.63. The fourth-order valence-electron chi connectivity index (χ4n) is 2.63. The Kier molecular flexibility index (Phi) is 3.96. The molecule has 0 saturated heterocycles. The minimum Gasteiger partial charge on any atom is -0.494 e. The second kappa shape index (κ2) is 6.04. The van der Waals surface area contributed by atoms with E-state index >= 15 is 0 Å². The molecule has 3 rings (SSSR count). The van der Waals surface area contributed by atoms with E-state index in [1.54, 1.807) is 0 Å². The summed E-state index contributed by atoms with van der Waals surface area (Å²) in [7, 11) is 0. The molecular weight excluding hydrogens is 258 g/mol. The fraction of sp³-hybridized carbons (Fsp3) is 0.263. The SMILES string of the molecule is CCCOc1ccc2c(ccn2Cc2cccc(C)c2)c1. The summed E-state index contributed by atoms with van der Waals surface area (Å²) >= 11 is 0. The highest BCUT2D eigenvalue weighted by Crippen LogP contribution is 2.23. The summed E-state index contributed by atoms with van der Waals surface area (Å²) < 4.78 is 7.98. The lowest BCUT2D eigenvalue weighted by Crippen LogP contribution is -1.98. The number of benzene rings is 2. The molecule has 0 saturated carbocycles. The molecule has 0 N–H and O–H groups in total. The van der Waals surface area contributed by atoms with Crippen molar-refractivity contribution in [2.75, 3.05) is 6.61 Å². The maximum absolute atomic E-state index is 5.70. The van der Waals surface area contributed by atoms with Gasteiger partial charge in [-0.05, 0) is 43.2 Å². The van der Waals surface area contributed by atoms with Crippen molar-refractivity contribution in [1.29, 1.82) is 0 Å². The smallest absolute Gasteiger partial charge is 0.120 e. The Balaban J connectivity index is 1.86. The van der Waals surface area contributed by atoms with Gasteiger partial charge in [-0.2, -0.15) is 0 Å². The molecule has 0 aliphatic heterocycles. The van der Waals surface area contributed by atoms with Gasteiger partial charge >= 0.3 is 0 Å². The van der Waals surface area contributed by atoms with E-state index in [-0.39, 0.29) is 0 Å². The van der Waals surface area contributed by atoms with E-state index in [4.69, 9.17) is 4.74 Å². The van der Waals surface area contributed by atoms with Crippen molar-refractivity contribution in [1.82, 2.24) is 4.57 Å². The monoisotopic (exact) mass is 279 g/mol. The third-order valence-corrected chi connectivity index (χ3v) is 3.65. The zero-order valence-corrected chi connectivity index (χ0v) is 12.7. The van der Waals surface area contributed by atoms with E-state index < -0.39 is 0 Å². The van der Waals surface area contributed by atoms with E-state index in [1.807, 2.05) is 0 Å². The van der Waals surface area contributed by atoms with Crippen LogP contribution in [-0.4, -0.2) is 11.2 Å². The zero-order chi connectivity index (χ0) is 14.7. The number of aryl methyl sites for hydroxylation is 1. The first-order chi connectivity index (χ1) is 10.3. The number of hydrogen-bond acceptors (Lipinski definition) is 1. The molecule has 0 spiro atoms. The summed E-state index contributed by atoms with van der Waals surface area (Å²) in [6.07, 6.45) is 3.18. The first-order valence-corrected chi connectivity index (χ1v) is 7.53. The molecule has 1 heterocycles. The highest BCUT2D eigenvalue weighted by atomic mass is 16.5. The third-order valence-electron chi connectivity index (χ3n) is 3.65. The molecule has 21 heavy (non-hydrogen) atoms. The van der Waals surface area contributed by atoms with Crippen molar-refractivity contribution in [3.8, 4) is 5.75 Å². The van der Waals surface area contributed by atoms with Crippen molar-refractivity contribution < 1.29 is 4.74 Å². The van der Waals surface area contributed by atoms with Crippen molar-refractivity contribution >= 4 is 10.9 Å². The molecule has 0 unspecified atom stereocenters. The summed E-state index contributed by atoms with van der Waals surface area (Å²) in [5, 5.41) is 1.23. The molecule has 1 aromatic heterocycles. The molecular formula is C19H21NO. The molecule has 2 aromatic carbocycles. The van der Waals surface area contributed by atoms with Crippen LogP contribution in [0.4, 0.5) is 0 Å². The van der Waals surface area contributed by atoms with Crippen LogP contribution < -0.4 is 4.74 Å². The predicted molar refractivity (Wildman–Crippen MR) is 88.0 cm³/mol. The van der Waals surface area contributed by atoms with Gasteiger partial charge in [0.2, 0.25) is 0 Å². The number of rotatable bonds is 5. The van der Waals surface area contributed by atoms with Gasteiger partial charge in [0.25, 0.3) is 0 Å². The van der Waals surface area contributed by atoms with Crippen LogP contribution in [0.15, 0.2) is 54.7 Å². The Bertz CT molecular complexity index is 742. The second-order valence-electron chi connectivity index (χ2n) is 5.50. The molecule has 0 radical (unpaired) electrons. The first-order valence-electron chi connectivity index (χ1n) is 7.53. The van der Waals surface area contributed by atoms with Crippen LogP contribution >= 0.6 is 0 Å². The maximum Gasteiger partial charge on any atom is 0.120 e. The number of aromatic nitrogens is 1. The Morgan fingerprint density at radius 3 is 2.76 bits per heavy atom. The highest BCUT2D eigenvalue weighted by Gasteiger charge is 2.04. The van der Waals surface area contributed by atoms with Gasteiger partial charge in [0.05, 0.1) is 6.61 Å². The molecule has 0 bridgehead atoms. The maximum atomic E-state index is 5.70. The van der Waals surface area contributed by atoms with Gasteiger partial charge in [-0.3, -0.25) is 0 Å². The topological polar surface area (TPSA) is 14.2 Å². The van der Waals surface area contributed by atoms with Gasteiger partial charge in [0, 0.05) is 23.6 Å². The summed E-state index contributed by atoms with van der Waals surface area (Å²) in [5.74, 6) is 0.956. The Hall–Kier alpha value is -2.22. The highest BCUT2D eigenvalue weighted by molar-refractivity contribution is 5.81. The van der Waals surface area contributed by atoms with E-state index in [1.165, 1.54) is 22.0 Å². The number of ether oxygens (including phenoxy) is 1. The van der Waals surface area contributed by atoms with Crippen LogP contribution in [-0.2, 0) is 6.54 Å². The normalized spacial score (nSPS) is 11.0. The van der Waals surface area contributed by atoms with Crippen LogP contribution in [0, 0.1) is 6.92 Å². The van der Waals surface area contributed by atoms with Crippen LogP contribution in [0.25, 0.3) is 10.9 Å². The number of hydrogen-bond donors (Lipinski definition) is 0. The quantitative estimate of drug-likeness (QED) is 0.655. The van der Waals surface area contributed by atoms with Gasteiger partial charge in [0.15, 0.2) is 0 Å². The molecule has 0 amide bonds. The zero-order valence-electron chi connectivity index (χ0n) is 12.7. The van der Waals surface area contributed by atoms with Gasteiger partial charge in [-0.25, -0.2) is 0 Å². The van der Waals surface area contributed by atoms with E-state index in [2.05, 4.69) is 73.1 Å². The molecule has 0 atom stereocenters. The summed E-state index contributed by atoms with van der Waals surface area (Å²) in [4.78, 5) is 0. The van der Waals surface area contributed by atoms with Gasteiger partial charge in [-0.15, -0.1) is 0 Å². The number of nitrogens with zero attached hydrogens (tertiary/aromatic N) is 1. The van der Waals surface area contributed by atoms with E-state index in [0.29, 0.717) is 0 Å². The average Bonchev–Trinajstić information content (AvgIpc) is 2.87. The lowest BCUT2D eigenvalue weighted by atomic mass is 10.1. The van der Waals surface area contributed by atoms with Gasteiger partial charge in [0.1, 0.15) is 5.75 Å². The average molecular weight is 279 g/mol.